The molecular formula is C18H34O6S. The van der Waals surface area contributed by atoms with E-state index >= 15 is 0 Å². The lowest BCUT2D eigenvalue weighted by Gasteiger charge is -2.20. The minimum atomic E-state index is -1.31. The summed E-state index contributed by atoms with van der Waals surface area (Å²) in [7, 11) is 0. The Kier molecular flexibility index (Phi) is 15.4. The molecule has 0 saturated heterocycles. The molecule has 0 radical (unpaired) electrons. The van der Waals surface area contributed by atoms with E-state index in [2.05, 4.69) is 6.92 Å². The Morgan fingerprint density at radius 1 is 0.720 bits per heavy atom. The van der Waals surface area contributed by atoms with Gasteiger partial charge in [0.25, 0.3) is 0 Å². The number of carboxylic acid groups (broad SMARTS) is 2. The molecular weight excluding hydrogens is 344 g/mol. The highest BCUT2D eigenvalue weighted by Gasteiger charge is 2.14. The molecule has 0 aliphatic carbocycles. The van der Waals surface area contributed by atoms with Crippen LogP contribution in [0.3, 0.4) is 0 Å². The highest BCUT2D eigenvalue weighted by atomic mass is 32.2. The average molecular weight is 379 g/mol. The molecule has 7 heteroatoms. The van der Waals surface area contributed by atoms with Crippen LogP contribution in [0.1, 0.15) is 84.0 Å². The van der Waals surface area contributed by atoms with Crippen LogP contribution < -0.4 is 0 Å². The molecule has 0 unspecified atom stereocenters. The van der Waals surface area contributed by atoms with Crippen LogP contribution in [0.15, 0.2) is 0 Å². The van der Waals surface area contributed by atoms with Crippen LogP contribution in [0.25, 0.3) is 0 Å². The van der Waals surface area contributed by atoms with E-state index in [0.717, 1.165) is 19.3 Å². The Morgan fingerprint density at radius 3 is 1.60 bits per heavy atom. The van der Waals surface area contributed by atoms with Gasteiger partial charge in [0.15, 0.2) is 0 Å². The molecule has 6 nitrogen and oxygen atoms in total. The van der Waals surface area contributed by atoms with Crippen molar-refractivity contribution in [2.45, 2.75) is 84.0 Å². The van der Waals surface area contributed by atoms with E-state index in [4.69, 9.17) is 14.4 Å². The Bertz CT molecular complexity index is 368. The van der Waals surface area contributed by atoms with Gasteiger partial charge in [-0.2, -0.15) is 0 Å². The first kappa shape index (κ1) is 23.8. The predicted octanol–water partition coefficient (Wildman–Crippen LogP) is 4.32. The Labute approximate surface area is 153 Å². The van der Waals surface area contributed by atoms with Crippen molar-refractivity contribution in [3.8, 4) is 0 Å². The lowest BCUT2D eigenvalue weighted by atomic mass is 10.1. The number of carbonyl (C=O) groups is 3. The number of carbonyl (C=O) groups excluding carboxylic acids is 1. The van der Waals surface area contributed by atoms with Crippen molar-refractivity contribution in [3.63, 3.8) is 0 Å². The zero-order valence-corrected chi connectivity index (χ0v) is 16.3. The first-order chi connectivity index (χ1) is 12.0. The van der Waals surface area contributed by atoms with E-state index in [-0.39, 0.29) is 30.3 Å². The predicted molar refractivity (Wildman–Crippen MR) is 101 cm³/mol. The molecule has 0 aromatic carbocycles. The van der Waals surface area contributed by atoms with Crippen LogP contribution in [0.5, 0.6) is 0 Å². The number of thiol groups is 1. The third kappa shape index (κ3) is 17.4. The summed E-state index contributed by atoms with van der Waals surface area (Å²) < 4.78 is 5.32. The lowest BCUT2D eigenvalue weighted by Crippen LogP contribution is -2.11. The second-order valence-corrected chi connectivity index (χ2v) is 8.30. The monoisotopic (exact) mass is 378 g/mol. The summed E-state index contributed by atoms with van der Waals surface area (Å²) in [6, 6.07) is 0. The van der Waals surface area contributed by atoms with Crippen LogP contribution in [-0.2, 0) is 18.6 Å². The van der Waals surface area contributed by atoms with E-state index in [1.54, 1.807) is 0 Å². The minimum Gasteiger partial charge on any atom is -0.481 e. The molecule has 0 aliphatic rings. The third-order valence-corrected chi connectivity index (χ3v) is 5.77. The largest absolute Gasteiger partial charge is 0.481 e. The van der Waals surface area contributed by atoms with Gasteiger partial charge in [-0.3, -0.25) is 14.4 Å². The zero-order valence-electron chi connectivity index (χ0n) is 15.4. The minimum absolute atomic E-state index is 0.101. The van der Waals surface area contributed by atoms with E-state index in [1.807, 2.05) is 0 Å². The van der Waals surface area contributed by atoms with Gasteiger partial charge in [-0.15, -0.1) is 0 Å². The second kappa shape index (κ2) is 16.2. The standard InChI is InChI=1S/C18H34O6S/c1-2-3-4-5-6-7-8-9-10-11-18(23)24-25(14-12-16(19)20)15-13-17(21)22/h25H,2-15H2,1H3,(H,19,20)(H,21,22). The number of unbranched alkanes of at least 4 members (excludes halogenated alkanes) is 8. The molecule has 0 aliphatic heterocycles. The molecule has 0 spiro atoms. The Balaban J connectivity index is 3.81. The summed E-state index contributed by atoms with van der Waals surface area (Å²) in [6.45, 7) is 2.20. The number of hydrogen-bond donors (Lipinski definition) is 3. The number of aliphatic carboxylic acids is 2. The zero-order chi connectivity index (χ0) is 18.9. The number of rotatable bonds is 17. The van der Waals surface area contributed by atoms with Gasteiger partial charge >= 0.3 is 17.9 Å². The van der Waals surface area contributed by atoms with Crippen molar-refractivity contribution in [1.29, 1.82) is 0 Å². The van der Waals surface area contributed by atoms with Gasteiger partial charge in [0.05, 0.1) is 12.8 Å². The molecule has 0 saturated carbocycles. The molecule has 0 fully saturated rings. The molecule has 0 bridgehead atoms. The van der Waals surface area contributed by atoms with Gasteiger partial charge in [-0.05, 0) is 6.42 Å². The molecule has 0 aromatic rings. The van der Waals surface area contributed by atoms with Crippen LogP contribution >= 0.6 is 11.2 Å². The molecule has 25 heavy (non-hydrogen) atoms. The SMILES string of the molecule is CCCCCCCCCCCC(=O)O[SH](CCC(=O)O)CCC(=O)O. The Morgan fingerprint density at radius 2 is 1.16 bits per heavy atom. The van der Waals surface area contributed by atoms with Gasteiger partial charge in [-0.1, -0.05) is 69.5 Å². The maximum Gasteiger partial charge on any atom is 0.315 e. The smallest absolute Gasteiger partial charge is 0.315 e. The Hall–Kier alpha value is -1.24. The molecule has 0 amide bonds. The summed E-state index contributed by atoms with van der Waals surface area (Å²) in [5.74, 6) is -1.80. The van der Waals surface area contributed by atoms with E-state index in [0.29, 0.717) is 6.42 Å². The normalized spacial score (nSPS) is 11.2. The molecule has 148 valence electrons. The first-order valence-corrected chi connectivity index (χ1v) is 11.0. The summed E-state index contributed by atoms with van der Waals surface area (Å²) in [4.78, 5) is 33.1. The van der Waals surface area contributed by atoms with Gasteiger partial charge in [0.2, 0.25) is 0 Å². The fraction of sp³-hybridized carbons (Fsp3) is 0.833. The lowest BCUT2D eigenvalue weighted by molar-refractivity contribution is -0.137. The molecule has 0 aromatic heterocycles. The number of carboxylic acids is 2. The maximum absolute atomic E-state index is 11.8. The quantitative estimate of drug-likeness (QED) is 0.257. The topological polar surface area (TPSA) is 101 Å². The summed E-state index contributed by atoms with van der Waals surface area (Å²) in [6.07, 6.45) is 10.6. The van der Waals surface area contributed by atoms with Crippen molar-refractivity contribution >= 4 is 29.1 Å². The van der Waals surface area contributed by atoms with Crippen LogP contribution in [0, 0.1) is 0 Å². The van der Waals surface area contributed by atoms with Gasteiger partial charge in [-0.25, -0.2) is 0 Å². The fourth-order valence-corrected chi connectivity index (χ4v) is 4.08. The highest BCUT2D eigenvalue weighted by molar-refractivity contribution is 8.13. The van der Waals surface area contributed by atoms with Gasteiger partial charge in [0, 0.05) is 17.9 Å². The van der Waals surface area contributed by atoms with E-state index in [1.165, 1.54) is 38.5 Å². The van der Waals surface area contributed by atoms with Crippen molar-refractivity contribution in [2.24, 2.45) is 0 Å². The van der Waals surface area contributed by atoms with Crippen LogP contribution in [0.2, 0.25) is 0 Å². The molecule has 0 heterocycles. The van der Waals surface area contributed by atoms with Gasteiger partial charge in [0.1, 0.15) is 0 Å². The third-order valence-electron chi connectivity index (χ3n) is 3.87. The van der Waals surface area contributed by atoms with E-state index in [9.17, 15) is 14.4 Å². The van der Waals surface area contributed by atoms with E-state index < -0.39 is 23.1 Å². The molecule has 2 N–H and O–H groups in total. The van der Waals surface area contributed by atoms with Crippen LogP contribution in [-0.4, -0.2) is 39.6 Å². The van der Waals surface area contributed by atoms with Crippen molar-refractivity contribution in [2.75, 3.05) is 11.5 Å². The van der Waals surface area contributed by atoms with Crippen LogP contribution in [0.4, 0.5) is 0 Å². The average Bonchev–Trinajstić information content (AvgIpc) is 2.55. The summed E-state index contributed by atoms with van der Waals surface area (Å²) >= 11 is -1.31. The van der Waals surface area contributed by atoms with Crippen molar-refractivity contribution < 1.29 is 28.8 Å². The summed E-state index contributed by atoms with van der Waals surface area (Å²) in [5.41, 5.74) is 0. The van der Waals surface area contributed by atoms with Crippen molar-refractivity contribution in [3.05, 3.63) is 0 Å². The molecule has 0 atom stereocenters. The fourth-order valence-electron chi connectivity index (χ4n) is 2.41. The second-order valence-electron chi connectivity index (χ2n) is 6.26. The highest BCUT2D eigenvalue weighted by Crippen LogP contribution is 2.29. The molecule has 0 rings (SSSR count). The van der Waals surface area contributed by atoms with Gasteiger partial charge < -0.3 is 14.4 Å². The number of hydrogen-bond acceptors (Lipinski definition) is 4. The van der Waals surface area contributed by atoms with Crippen molar-refractivity contribution in [1.82, 2.24) is 0 Å². The summed E-state index contributed by atoms with van der Waals surface area (Å²) in [5, 5.41) is 17.4. The first-order valence-electron chi connectivity index (χ1n) is 9.35. The maximum atomic E-state index is 11.8.